The van der Waals surface area contributed by atoms with E-state index in [0.29, 0.717) is 11.3 Å². The number of nitro groups is 1. The maximum atomic E-state index is 13.6. The molecule has 0 atom stereocenters. The molecule has 0 amide bonds. The number of halogens is 2. The maximum Gasteiger partial charge on any atom is 0.274 e. The summed E-state index contributed by atoms with van der Waals surface area (Å²) in [5, 5.41) is 10.8. The maximum absolute atomic E-state index is 13.6. The van der Waals surface area contributed by atoms with Crippen LogP contribution in [0.4, 0.5) is 10.1 Å². The predicted octanol–water partition coefficient (Wildman–Crippen LogP) is 4.57. The first kappa shape index (κ1) is 14.3. The van der Waals surface area contributed by atoms with Gasteiger partial charge in [0.2, 0.25) is 0 Å². The quantitative estimate of drug-likeness (QED) is 0.471. The Hall–Kier alpha value is -2.14. The lowest BCUT2D eigenvalue weighted by atomic mass is 10.2. The fourth-order valence-corrected chi connectivity index (χ4v) is 1.94. The van der Waals surface area contributed by atoms with Crippen LogP contribution in [-0.2, 0) is 5.88 Å². The van der Waals surface area contributed by atoms with Gasteiger partial charge < -0.3 is 4.74 Å². The molecule has 0 spiro atoms. The van der Waals surface area contributed by atoms with Crippen molar-refractivity contribution < 1.29 is 14.1 Å². The van der Waals surface area contributed by atoms with Gasteiger partial charge in [-0.3, -0.25) is 10.1 Å². The number of nitrogens with zero attached hydrogens (tertiary/aromatic N) is 1. The molecule has 2 aromatic rings. The zero-order chi connectivity index (χ0) is 14.7. The number of aryl methyl sites for hydroxylation is 1. The number of alkyl halides is 1. The molecule has 0 N–H and O–H groups in total. The topological polar surface area (TPSA) is 52.4 Å². The second kappa shape index (κ2) is 5.88. The van der Waals surface area contributed by atoms with Gasteiger partial charge in [-0.05, 0) is 36.8 Å². The Kier molecular flexibility index (Phi) is 4.20. The molecule has 2 aromatic carbocycles. The van der Waals surface area contributed by atoms with Gasteiger partial charge in [-0.15, -0.1) is 11.6 Å². The first-order valence-corrected chi connectivity index (χ1v) is 6.32. The van der Waals surface area contributed by atoms with Crippen molar-refractivity contribution in [2.45, 2.75) is 12.8 Å². The largest absolute Gasteiger partial charge is 0.454 e. The molecule has 2 rings (SSSR count). The molecular weight excluding hydrogens is 285 g/mol. The van der Waals surface area contributed by atoms with Gasteiger partial charge in [-0.25, -0.2) is 4.39 Å². The molecule has 104 valence electrons. The number of hydrogen-bond donors (Lipinski definition) is 0. The van der Waals surface area contributed by atoms with Crippen LogP contribution in [0.15, 0.2) is 36.4 Å². The Morgan fingerprint density at radius 3 is 2.70 bits per heavy atom. The molecule has 0 heterocycles. The van der Waals surface area contributed by atoms with E-state index in [1.807, 2.05) is 6.92 Å². The highest BCUT2D eigenvalue weighted by Crippen LogP contribution is 2.30. The Morgan fingerprint density at radius 1 is 1.30 bits per heavy atom. The van der Waals surface area contributed by atoms with Crippen LogP contribution in [0.1, 0.15) is 11.1 Å². The number of ether oxygens (including phenoxy) is 1. The van der Waals surface area contributed by atoms with E-state index in [9.17, 15) is 14.5 Å². The van der Waals surface area contributed by atoms with Crippen LogP contribution in [0.25, 0.3) is 0 Å². The van der Waals surface area contributed by atoms with E-state index < -0.39 is 10.7 Å². The normalized spacial score (nSPS) is 10.3. The van der Waals surface area contributed by atoms with Crippen LogP contribution in [-0.4, -0.2) is 4.92 Å². The van der Waals surface area contributed by atoms with E-state index in [1.165, 1.54) is 24.3 Å². The van der Waals surface area contributed by atoms with Crippen molar-refractivity contribution in [1.29, 1.82) is 0 Å². The fourth-order valence-electron chi connectivity index (χ4n) is 1.73. The smallest absolute Gasteiger partial charge is 0.274 e. The van der Waals surface area contributed by atoms with Crippen molar-refractivity contribution in [3.8, 4) is 11.5 Å². The van der Waals surface area contributed by atoms with Crippen LogP contribution in [0.2, 0.25) is 0 Å². The van der Waals surface area contributed by atoms with Gasteiger partial charge in [0.05, 0.1) is 10.8 Å². The lowest BCUT2D eigenvalue weighted by Gasteiger charge is -2.09. The van der Waals surface area contributed by atoms with Crippen molar-refractivity contribution in [2.24, 2.45) is 0 Å². The summed E-state index contributed by atoms with van der Waals surface area (Å²) >= 11 is 5.67. The van der Waals surface area contributed by atoms with Crippen molar-refractivity contribution in [3.63, 3.8) is 0 Å². The van der Waals surface area contributed by atoms with E-state index in [4.69, 9.17) is 16.3 Å². The summed E-state index contributed by atoms with van der Waals surface area (Å²) in [5.74, 6) is -0.152. The van der Waals surface area contributed by atoms with Crippen molar-refractivity contribution >= 4 is 17.3 Å². The molecule has 0 radical (unpaired) electrons. The molecule has 0 saturated heterocycles. The van der Waals surface area contributed by atoms with Gasteiger partial charge in [0.25, 0.3) is 5.69 Å². The number of nitro benzene ring substituents is 1. The van der Waals surface area contributed by atoms with Crippen molar-refractivity contribution in [1.82, 2.24) is 0 Å². The molecule has 0 fully saturated rings. The molecule has 0 aromatic heterocycles. The summed E-state index contributed by atoms with van der Waals surface area (Å²) in [7, 11) is 0. The monoisotopic (exact) mass is 295 g/mol. The highest BCUT2D eigenvalue weighted by atomic mass is 35.5. The minimum Gasteiger partial charge on any atom is -0.454 e. The number of benzene rings is 2. The zero-order valence-electron chi connectivity index (χ0n) is 10.6. The van der Waals surface area contributed by atoms with Gasteiger partial charge in [-0.1, -0.05) is 6.07 Å². The SMILES string of the molecule is Cc1ccc(F)c(Oc2ccc([N+](=O)[O-])c(CCl)c2)c1. The minimum absolute atomic E-state index is 0.0240. The average Bonchev–Trinajstić information content (AvgIpc) is 2.42. The molecule has 0 aliphatic carbocycles. The van der Waals surface area contributed by atoms with Gasteiger partial charge in [-0.2, -0.15) is 0 Å². The highest BCUT2D eigenvalue weighted by molar-refractivity contribution is 6.17. The minimum atomic E-state index is -0.519. The van der Waals surface area contributed by atoms with E-state index >= 15 is 0 Å². The van der Waals surface area contributed by atoms with Crippen LogP contribution < -0.4 is 4.74 Å². The zero-order valence-corrected chi connectivity index (χ0v) is 11.4. The van der Waals surface area contributed by atoms with Crippen LogP contribution in [0, 0.1) is 22.9 Å². The summed E-state index contributed by atoms with van der Waals surface area (Å²) in [4.78, 5) is 10.3. The average molecular weight is 296 g/mol. The van der Waals surface area contributed by atoms with E-state index in [0.717, 1.165) is 5.56 Å². The summed E-state index contributed by atoms with van der Waals surface area (Å²) in [5.41, 5.74) is 1.08. The third-order valence-electron chi connectivity index (χ3n) is 2.71. The van der Waals surface area contributed by atoms with Gasteiger partial charge in [0, 0.05) is 11.6 Å². The van der Waals surface area contributed by atoms with Crippen LogP contribution in [0.5, 0.6) is 11.5 Å². The molecule has 0 saturated carbocycles. The molecule has 0 unspecified atom stereocenters. The third kappa shape index (κ3) is 3.05. The van der Waals surface area contributed by atoms with E-state index in [2.05, 4.69) is 0 Å². The molecule has 4 nitrogen and oxygen atoms in total. The second-order valence-corrected chi connectivity index (χ2v) is 4.48. The second-order valence-electron chi connectivity index (χ2n) is 4.22. The van der Waals surface area contributed by atoms with Gasteiger partial charge in [0.15, 0.2) is 11.6 Å². The first-order chi connectivity index (χ1) is 9.51. The molecule has 6 heteroatoms. The molecule has 0 bridgehead atoms. The Bertz CT molecular complexity index is 661. The molecule has 0 aliphatic rings. The molecule has 20 heavy (non-hydrogen) atoms. The predicted molar refractivity (Wildman–Crippen MR) is 73.9 cm³/mol. The van der Waals surface area contributed by atoms with Crippen LogP contribution in [0.3, 0.4) is 0 Å². The summed E-state index contributed by atoms with van der Waals surface area (Å²) < 4.78 is 19.0. The summed E-state index contributed by atoms with van der Waals surface area (Å²) in [6, 6.07) is 8.63. The first-order valence-electron chi connectivity index (χ1n) is 5.78. The number of hydrogen-bond acceptors (Lipinski definition) is 3. The lowest BCUT2D eigenvalue weighted by Crippen LogP contribution is -1.95. The third-order valence-corrected chi connectivity index (χ3v) is 2.99. The lowest BCUT2D eigenvalue weighted by molar-refractivity contribution is -0.385. The van der Waals surface area contributed by atoms with Crippen LogP contribution >= 0.6 is 11.6 Å². The Morgan fingerprint density at radius 2 is 2.05 bits per heavy atom. The Labute approximate surface area is 119 Å². The standard InChI is InChI=1S/C14H11ClFNO3/c1-9-2-4-12(16)14(6-9)20-11-3-5-13(17(18)19)10(7-11)8-15/h2-7H,8H2,1H3. The van der Waals surface area contributed by atoms with Gasteiger partial charge in [0.1, 0.15) is 5.75 Å². The molecule has 0 aliphatic heterocycles. The summed E-state index contributed by atoms with van der Waals surface area (Å²) in [6.45, 7) is 1.81. The highest BCUT2D eigenvalue weighted by Gasteiger charge is 2.14. The van der Waals surface area contributed by atoms with E-state index in [-0.39, 0.29) is 17.3 Å². The summed E-state index contributed by atoms with van der Waals surface area (Å²) in [6.07, 6.45) is 0. The van der Waals surface area contributed by atoms with Crippen molar-refractivity contribution in [2.75, 3.05) is 0 Å². The fraction of sp³-hybridized carbons (Fsp3) is 0.143. The Balaban J connectivity index is 2.34. The van der Waals surface area contributed by atoms with Gasteiger partial charge >= 0.3 is 0 Å². The molecular formula is C14H11ClFNO3. The number of rotatable bonds is 4. The van der Waals surface area contributed by atoms with E-state index in [1.54, 1.807) is 12.1 Å². The van der Waals surface area contributed by atoms with Crippen molar-refractivity contribution in [3.05, 3.63) is 63.5 Å².